The maximum absolute atomic E-state index is 10.8. The molecule has 0 aliphatic carbocycles. The van der Waals surface area contributed by atoms with Crippen LogP contribution in [-0.2, 0) is 23.7 Å². The zero-order valence-corrected chi connectivity index (χ0v) is 8.98. The molecule has 0 spiro atoms. The average Bonchev–Trinajstić information content (AvgIpc) is 2.49. The van der Waals surface area contributed by atoms with Crippen LogP contribution in [0.5, 0.6) is 0 Å². The Labute approximate surface area is 87.9 Å². The summed E-state index contributed by atoms with van der Waals surface area (Å²) in [4.78, 5) is 10.8. The van der Waals surface area contributed by atoms with E-state index in [-0.39, 0.29) is 6.10 Å². The minimum atomic E-state index is -0.748. The van der Waals surface area contributed by atoms with Crippen LogP contribution < -0.4 is 0 Å². The Balaban J connectivity index is 2.12. The number of ether oxygens (including phenoxy) is 4. The zero-order valence-electron chi connectivity index (χ0n) is 8.98. The Bertz CT molecular complexity index is 307. The molecule has 0 aromatic heterocycles. The third kappa shape index (κ3) is 1.85. The van der Waals surface area contributed by atoms with E-state index in [1.807, 2.05) is 0 Å². The van der Waals surface area contributed by atoms with Crippen LogP contribution in [0.2, 0.25) is 0 Å². The van der Waals surface area contributed by atoms with Crippen LogP contribution in [-0.4, -0.2) is 30.3 Å². The van der Waals surface area contributed by atoms with Crippen LogP contribution in [0.25, 0.3) is 0 Å². The molecule has 0 amide bonds. The first kappa shape index (κ1) is 10.4. The molecule has 15 heavy (non-hydrogen) atoms. The summed E-state index contributed by atoms with van der Waals surface area (Å²) in [5.74, 6) is -0.668. The normalized spacial score (nSPS) is 37.3. The highest BCUT2D eigenvalue weighted by Gasteiger charge is 2.54. The van der Waals surface area contributed by atoms with E-state index in [9.17, 15) is 4.79 Å². The predicted molar refractivity (Wildman–Crippen MR) is 49.6 cm³/mol. The SMILES string of the molecule is C=C1OC(OC(C)=O)[C@@H]2OC(C)(C)O[C@H]12. The summed E-state index contributed by atoms with van der Waals surface area (Å²) in [5, 5.41) is 0. The lowest BCUT2D eigenvalue weighted by Crippen LogP contribution is -2.32. The van der Waals surface area contributed by atoms with E-state index >= 15 is 0 Å². The van der Waals surface area contributed by atoms with Gasteiger partial charge in [-0.25, -0.2) is 0 Å². The Morgan fingerprint density at radius 3 is 2.73 bits per heavy atom. The first-order valence-electron chi connectivity index (χ1n) is 4.77. The maximum atomic E-state index is 10.8. The highest BCUT2D eigenvalue weighted by molar-refractivity contribution is 5.66. The Morgan fingerprint density at radius 2 is 2.13 bits per heavy atom. The first-order valence-corrected chi connectivity index (χ1v) is 4.77. The maximum Gasteiger partial charge on any atom is 0.305 e. The summed E-state index contributed by atoms with van der Waals surface area (Å²) >= 11 is 0. The number of rotatable bonds is 1. The van der Waals surface area contributed by atoms with Crippen molar-refractivity contribution in [1.29, 1.82) is 0 Å². The molecule has 2 aliphatic rings. The molecule has 2 fully saturated rings. The van der Waals surface area contributed by atoms with Gasteiger partial charge in [0, 0.05) is 6.92 Å². The van der Waals surface area contributed by atoms with E-state index < -0.39 is 24.2 Å². The lowest BCUT2D eigenvalue weighted by molar-refractivity contribution is -0.209. The second-order valence-corrected chi connectivity index (χ2v) is 4.08. The molecule has 5 nitrogen and oxygen atoms in total. The van der Waals surface area contributed by atoms with Gasteiger partial charge >= 0.3 is 5.97 Å². The largest absolute Gasteiger partial charge is 0.454 e. The summed E-state index contributed by atoms with van der Waals surface area (Å²) in [6, 6.07) is 0. The molecule has 2 aliphatic heterocycles. The number of carbonyl (C=O) groups is 1. The summed E-state index contributed by atoms with van der Waals surface area (Å²) in [6.45, 7) is 8.61. The molecule has 2 rings (SSSR count). The van der Waals surface area contributed by atoms with Crippen molar-refractivity contribution >= 4 is 5.97 Å². The number of hydrogen-bond donors (Lipinski definition) is 0. The highest BCUT2D eigenvalue weighted by atomic mass is 16.8. The van der Waals surface area contributed by atoms with Gasteiger partial charge in [0.1, 0.15) is 5.76 Å². The molecule has 5 heteroatoms. The fourth-order valence-electron chi connectivity index (χ4n) is 1.78. The van der Waals surface area contributed by atoms with Crippen LogP contribution >= 0.6 is 0 Å². The number of hydrogen-bond acceptors (Lipinski definition) is 5. The van der Waals surface area contributed by atoms with E-state index in [4.69, 9.17) is 18.9 Å². The minimum Gasteiger partial charge on any atom is -0.454 e. The van der Waals surface area contributed by atoms with E-state index in [0.717, 1.165) is 0 Å². The summed E-state index contributed by atoms with van der Waals surface area (Å²) in [5.41, 5.74) is 0. The van der Waals surface area contributed by atoms with Gasteiger partial charge in [0.15, 0.2) is 18.0 Å². The summed E-state index contributed by atoms with van der Waals surface area (Å²) < 4.78 is 21.3. The van der Waals surface area contributed by atoms with Gasteiger partial charge in [-0.05, 0) is 13.8 Å². The molecular weight excluding hydrogens is 200 g/mol. The average molecular weight is 214 g/mol. The van der Waals surface area contributed by atoms with Crippen molar-refractivity contribution in [1.82, 2.24) is 0 Å². The Hall–Kier alpha value is -1.07. The fourth-order valence-corrected chi connectivity index (χ4v) is 1.78. The molecule has 84 valence electrons. The van der Waals surface area contributed by atoms with Gasteiger partial charge in [0.05, 0.1) is 0 Å². The highest BCUT2D eigenvalue weighted by Crippen LogP contribution is 2.40. The molecule has 3 atom stereocenters. The second-order valence-electron chi connectivity index (χ2n) is 4.08. The summed E-state index contributed by atoms with van der Waals surface area (Å²) in [6.07, 6.45) is -1.53. The van der Waals surface area contributed by atoms with E-state index in [1.54, 1.807) is 13.8 Å². The topological polar surface area (TPSA) is 54.0 Å². The molecule has 2 saturated heterocycles. The van der Waals surface area contributed by atoms with Crippen molar-refractivity contribution in [2.24, 2.45) is 0 Å². The van der Waals surface area contributed by atoms with Crippen molar-refractivity contribution in [3.63, 3.8) is 0 Å². The molecule has 0 radical (unpaired) electrons. The summed E-state index contributed by atoms with van der Waals surface area (Å²) in [7, 11) is 0. The predicted octanol–water partition coefficient (Wildman–Crippen LogP) is 0.940. The molecule has 0 aromatic carbocycles. The van der Waals surface area contributed by atoms with Crippen LogP contribution in [0.15, 0.2) is 12.3 Å². The van der Waals surface area contributed by atoms with E-state index in [2.05, 4.69) is 6.58 Å². The molecule has 0 aromatic rings. The molecule has 0 N–H and O–H groups in total. The fraction of sp³-hybridized carbons (Fsp3) is 0.700. The van der Waals surface area contributed by atoms with Crippen LogP contribution in [0.1, 0.15) is 20.8 Å². The van der Waals surface area contributed by atoms with Crippen molar-refractivity contribution in [3.05, 3.63) is 12.3 Å². The number of fused-ring (bicyclic) bond motifs is 1. The van der Waals surface area contributed by atoms with Gasteiger partial charge in [-0.1, -0.05) is 6.58 Å². The quantitative estimate of drug-likeness (QED) is 0.608. The third-order valence-electron chi connectivity index (χ3n) is 2.26. The van der Waals surface area contributed by atoms with Gasteiger partial charge in [0.25, 0.3) is 6.29 Å². The van der Waals surface area contributed by atoms with Crippen LogP contribution in [0.3, 0.4) is 0 Å². The van der Waals surface area contributed by atoms with Gasteiger partial charge in [-0.3, -0.25) is 4.79 Å². The molecular formula is C10H14O5. The van der Waals surface area contributed by atoms with Crippen molar-refractivity contribution < 1.29 is 23.7 Å². The van der Waals surface area contributed by atoms with E-state index in [0.29, 0.717) is 5.76 Å². The standard InChI is InChI=1S/C10H14O5/c1-5-7-8(15-10(3,4)14-7)9(12-5)13-6(2)11/h7-9H,1H2,2-4H3/t7-,8-,9?/m1/s1. The Morgan fingerprint density at radius 1 is 1.47 bits per heavy atom. The van der Waals surface area contributed by atoms with Crippen molar-refractivity contribution in [2.45, 2.75) is 45.1 Å². The van der Waals surface area contributed by atoms with Gasteiger partial charge < -0.3 is 18.9 Å². The minimum absolute atomic E-state index is 0.357. The van der Waals surface area contributed by atoms with Crippen molar-refractivity contribution in [3.8, 4) is 0 Å². The van der Waals surface area contributed by atoms with Gasteiger partial charge in [0.2, 0.25) is 0 Å². The van der Waals surface area contributed by atoms with E-state index in [1.165, 1.54) is 6.92 Å². The Kier molecular flexibility index (Phi) is 2.24. The molecule has 2 heterocycles. The van der Waals surface area contributed by atoms with Gasteiger partial charge in [-0.2, -0.15) is 0 Å². The monoisotopic (exact) mass is 214 g/mol. The number of carbonyl (C=O) groups excluding carboxylic acids is 1. The molecule has 0 saturated carbocycles. The third-order valence-corrected chi connectivity index (χ3v) is 2.26. The first-order chi connectivity index (χ1) is 6.89. The molecule has 0 bridgehead atoms. The van der Waals surface area contributed by atoms with Crippen LogP contribution in [0, 0.1) is 0 Å². The van der Waals surface area contributed by atoms with Gasteiger partial charge in [-0.15, -0.1) is 0 Å². The zero-order chi connectivity index (χ0) is 11.2. The lowest BCUT2D eigenvalue weighted by atomic mass is 10.2. The van der Waals surface area contributed by atoms with Crippen LogP contribution in [0.4, 0.5) is 0 Å². The smallest absolute Gasteiger partial charge is 0.305 e. The second kappa shape index (κ2) is 3.21. The van der Waals surface area contributed by atoms with Crippen molar-refractivity contribution in [2.75, 3.05) is 0 Å². The molecule has 1 unspecified atom stereocenters. The lowest BCUT2D eigenvalue weighted by Gasteiger charge is -2.21. The number of esters is 1.